The van der Waals surface area contributed by atoms with Crippen molar-refractivity contribution in [2.24, 2.45) is 0 Å². The van der Waals surface area contributed by atoms with Crippen LogP contribution in [0.2, 0.25) is 0 Å². The third-order valence-electron chi connectivity index (χ3n) is 7.05. The van der Waals surface area contributed by atoms with Crippen molar-refractivity contribution in [3.05, 3.63) is 60.2 Å². The molecule has 3 aromatic carbocycles. The molecule has 1 fully saturated rings. The van der Waals surface area contributed by atoms with Crippen molar-refractivity contribution in [2.75, 3.05) is 31.8 Å². The molecule has 1 aliphatic heterocycles. The highest BCUT2D eigenvalue weighted by Gasteiger charge is 2.48. The van der Waals surface area contributed by atoms with E-state index in [9.17, 15) is 23.2 Å². The largest absolute Gasteiger partial charge is 0.497 e. The summed E-state index contributed by atoms with van der Waals surface area (Å²) in [6, 6.07) is 13.4. The van der Waals surface area contributed by atoms with E-state index in [2.05, 4.69) is 5.32 Å². The molecule has 4 aromatic rings. The molecule has 0 aliphatic carbocycles. The average Bonchev–Trinajstić information content (AvgIpc) is 3.32. The van der Waals surface area contributed by atoms with E-state index >= 15 is 0 Å². The molecule has 0 bridgehead atoms. The summed E-state index contributed by atoms with van der Waals surface area (Å²) >= 11 is 1.46. The zero-order valence-corrected chi connectivity index (χ0v) is 24.4. The summed E-state index contributed by atoms with van der Waals surface area (Å²) in [5, 5.41) is 13.4. The monoisotopic (exact) mass is 599 g/mol. The SMILES string of the molecule is COc1ccc(OC)c(C(=O)Nc2ccc3c(c2)oc2ccc(S(=O)(=O)N4CCSC(C)(C)C4C(=O)NO)cc23)c1. The normalized spacial score (nSPS) is 17.3. The summed E-state index contributed by atoms with van der Waals surface area (Å²) in [6.07, 6.45) is 0. The average molecular weight is 600 g/mol. The molecule has 0 spiro atoms. The van der Waals surface area contributed by atoms with E-state index in [4.69, 9.17) is 13.9 Å². The Bertz CT molecular complexity index is 1770. The van der Waals surface area contributed by atoms with Gasteiger partial charge < -0.3 is 19.2 Å². The van der Waals surface area contributed by atoms with Crippen LogP contribution in [0.4, 0.5) is 5.69 Å². The predicted molar refractivity (Wildman–Crippen MR) is 155 cm³/mol. The maximum absolute atomic E-state index is 13.8. The number of methoxy groups -OCH3 is 2. The van der Waals surface area contributed by atoms with E-state index in [1.165, 1.54) is 38.1 Å². The number of nitrogens with zero attached hydrogens (tertiary/aromatic N) is 1. The molecule has 0 saturated carbocycles. The van der Waals surface area contributed by atoms with E-state index in [0.717, 1.165) is 4.31 Å². The van der Waals surface area contributed by atoms with Gasteiger partial charge in [-0.2, -0.15) is 16.1 Å². The van der Waals surface area contributed by atoms with Crippen LogP contribution in [0.15, 0.2) is 63.9 Å². The Morgan fingerprint density at radius 1 is 1.02 bits per heavy atom. The minimum atomic E-state index is -4.12. The first-order valence-corrected chi connectivity index (χ1v) is 15.0. The minimum Gasteiger partial charge on any atom is -0.497 e. The summed E-state index contributed by atoms with van der Waals surface area (Å²) in [7, 11) is -1.14. The lowest BCUT2D eigenvalue weighted by Gasteiger charge is -2.43. The molecular weight excluding hydrogens is 570 g/mol. The van der Waals surface area contributed by atoms with Crippen LogP contribution in [0.1, 0.15) is 24.2 Å². The van der Waals surface area contributed by atoms with Gasteiger partial charge in [0.05, 0.1) is 24.7 Å². The van der Waals surface area contributed by atoms with Gasteiger partial charge in [-0.15, -0.1) is 0 Å². The molecular formula is C28H29N3O8S2. The molecule has 5 rings (SSSR count). The number of rotatable bonds is 7. The van der Waals surface area contributed by atoms with Crippen LogP contribution in [-0.2, 0) is 14.8 Å². The van der Waals surface area contributed by atoms with Crippen molar-refractivity contribution in [1.29, 1.82) is 0 Å². The number of hydroxylamine groups is 1. The number of thioether (sulfide) groups is 1. The molecule has 13 heteroatoms. The Labute approximate surface area is 240 Å². The number of carbonyl (C=O) groups is 2. The number of carbonyl (C=O) groups excluding carboxylic acids is 2. The number of nitrogens with one attached hydrogen (secondary N) is 2. The third kappa shape index (κ3) is 5.21. The topological polar surface area (TPSA) is 147 Å². The molecule has 1 atom stereocenters. The van der Waals surface area contributed by atoms with Crippen molar-refractivity contribution >= 4 is 61.2 Å². The van der Waals surface area contributed by atoms with E-state index in [1.54, 1.807) is 61.8 Å². The number of amides is 2. The molecule has 1 aromatic heterocycles. The highest BCUT2D eigenvalue weighted by Crippen LogP contribution is 2.39. The Kier molecular flexibility index (Phi) is 7.64. The van der Waals surface area contributed by atoms with Crippen LogP contribution < -0.4 is 20.3 Å². The molecule has 0 radical (unpaired) electrons. The standard InChI is InChI=1S/C28H29N3O8S2/c1-28(2)25(27(33)30-34)31(11-12-40-28)41(35,36)18-7-10-23-20(15-18)19-8-5-16(13-24(19)39-23)29-26(32)21-14-17(37-3)6-9-22(21)38-4/h5-10,13-15,25,34H,11-12H2,1-4H3,(H,29,32)(H,30,33). The molecule has 1 unspecified atom stereocenters. The number of furan rings is 1. The number of anilines is 1. The summed E-state index contributed by atoms with van der Waals surface area (Å²) in [5.74, 6) is 0.186. The van der Waals surface area contributed by atoms with Gasteiger partial charge in [-0.05, 0) is 62.4 Å². The zero-order valence-electron chi connectivity index (χ0n) is 22.8. The number of fused-ring (bicyclic) bond motifs is 3. The molecule has 2 amide bonds. The summed E-state index contributed by atoms with van der Waals surface area (Å²) in [6.45, 7) is 3.65. The fourth-order valence-corrected chi connectivity index (χ4v) is 8.17. The Balaban J connectivity index is 1.48. The molecule has 3 N–H and O–H groups in total. The quantitative estimate of drug-likeness (QED) is 0.210. The van der Waals surface area contributed by atoms with Gasteiger partial charge >= 0.3 is 0 Å². The second kappa shape index (κ2) is 10.9. The minimum absolute atomic E-state index is 0.00589. The second-order valence-electron chi connectivity index (χ2n) is 9.94. The first-order valence-electron chi connectivity index (χ1n) is 12.6. The van der Waals surface area contributed by atoms with Crippen LogP contribution in [0.25, 0.3) is 21.9 Å². The van der Waals surface area contributed by atoms with Crippen molar-refractivity contribution in [1.82, 2.24) is 9.79 Å². The van der Waals surface area contributed by atoms with Crippen molar-refractivity contribution in [3.8, 4) is 11.5 Å². The molecule has 1 saturated heterocycles. The van der Waals surface area contributed by atoms with Gasteiger partial charge in [-0.1, -0.05) is 0 Å². The van der Waals surface area contributed by atoms with Crippen LogP contribution in [0.3, 0.4) is 0 Å². The Morgan fingerprint density at radius 2 is 1.80 bits per heavy atom. The highest BCUT2D eigenvalue weighted by molar-refractivity contribution is 8.01. The van der Waals surface area contributed by atoms with E-state index in [1.807, 2.05) is 0 Å². The van der Waals surface area contributed by atoms with Crippen LogP contribution in [0, 0.1) is 0 Å². The van der Waals surface area contributed by atoms with Crippen LogP contribution >= 0.6 is 11.8 Å². The van der Waals surface area contributed by atoms with Gasteiger partial charge in [-0.25, -0.2) is 13.9 Å². The Hall–Kier alpha value is -3.78. The molecule has 1 aliphatic rings. The smallest absolute Gasteiger partial charge is 0.263 e. The van der Waals surface area contributed by atoms with Gasteiger partial charge in [0.2, 0.25) is 10.0 Å². The fraction of sp³-hybridized carbons (Fsp3) is 0.286. The summed E-state index contributed by atoms with van der Waals surface area (Å²) in [4.78, 5) is 25.6. The van der Waals surface area contributed by atoms with E-state index in [0.29, 0.717) is 50.4 Å². The fourth-order valence-electron chi connectivity index (χ4n) is 5.04. The number of ether oxygens (including phenoxy) is 2. The van der Waals surface area contributed by atoms with E-state index < -0.39 is 32.6 Å². The number of sulfonamides is 1. The van der Waals surface area contributed by atoms with Crippen LogP contribution in [-0.4, -0.2) is 67.1 Å². The van der Waals surface area contributed by atoms with Gasteiger partial charge in [0, 0.05) is 39.6 Å². The van der Waals surface area contributed by atoms with Crippen LogP contribution in [0.5, 0.6) is 11.5 Å². The number of benzene rings is 3. The summed E-state index contributed by atoms with van der Waals surface area (Å²) < 4.78 is 44.4. The van der Waals surface area contributed by atoms with E-state index in [-0.39, 0.29) is 11.4 Å². The molecule has 11 nitrogen and oxygen atoms in total. The van der Waals surface area contributed by atoms with Gasteiger partial charge in [0.25, 0.3) is 11.8 Å². The molecule has 41 heavy (non-hydrogen) atoms. The molecule has 216 valence electrons. The second-order valence-corrected chi connectivity index (χ2v) is 13.6. The van der Waals surface area contributed by atoms with Crippen molar-refractivity contribution in [3.63, 3.8) is 0 Å². The van der Waals surface area contributed by atoms with Gasteiger partial charge in [-0.3, -0.25) is 14.8 Å². The predicted octanol–water partition coefficient (Wildman–Crippen LogP) is 4.25. The van der Waals surface area contributed by atoms with Crippen molar-refractivity contribution < 1.29 is 37.1 Å². The highest BCUT2D eigenvalue weighted by atomic mass is 32.2. The lowest BCUT2D eigenvalue weighted by Crippen LogP contribution is -2.61. The van der Waals surface area contributed by atoms with Crippen molar-refractivity contribution in [2.45, 2.75) is 29.5 Å². The maximum Gasteiger partial charge on any atom is 0.263 e. The lowest BCUT2D eigenvalue weighted by molar-refractivity contribution is -0.134. The third-order valence-corrected chi connectivity index (χ3v) is 10.3. The number of hydrogen-bond acceptors (Lipinski definition) is 9. The molecule has 2 heterocycles. The zero-order chi connectivity index (χ0) is 29.5. The van der Waals surface area contributed by atoms with Gasteiger partial charge in [0.15, 0.2) is 0 Å². The Morgan fingerprint density at radius 3 is 2.51 bits per heavy atom. The maximum atomic E-state index is 13.8. The number of hydrogen-bond donors (Lipinski definition) is 3. The first kappa shape index (κ1) is 28.7. The van der Waals surface area contributed by atoms with Gasteiger partial charge in [0.1, 0.15) is 28.7 Å². The first-order chi connectivity index (χ1) is 19.5. The lowest BCUT2D eigenvalue weighted by atomic mass is 10.0. The summed E-state index contributed by atoms with van der Waals surface area (Å²) in [5.41, 5.74) is 3.27.